The molecule has 346 valence electrons. The first-order valence-corrected chi connectivity index (χ1v) is 21.8. The van der Waals surface area contributed by atoms with Crippen molar-refractivity contribution in [3.63, 3.8) is 0 Å². The molecule has 7 aromatic rings. The summed E-state index contributed by atoms with van der Waals surface area (Å²) >= 11 is 0. The van der Waals surface area contributed by atoms with Crippen molar-refractivity contribution < 1.29 is 49.2 Å². The van der Waals surface area contributed by atoms with Gasteiger partial charge in [-0.05, 0) is 121 Å². The summed E-state index contributed by atoms with van der Waals surface area (Å²) in [5.41, 5.74) is 5.60. The number of aromatic nitrogens is 4. The topological polar surface area (TPSA) is 265 Å². The molecular weight excluding hydrogens is 893 g/mol. The summed E-state index contributed by atoms with van der Waals surface area (Å²) in [5.74, 6) is -6.98. The molecule has 4 aromatic carbocycles. The van der Waals surface area contributed by atoms with E-state index < -0.39 is 47.8 Å². The van der Waals surface area contributed by atoms with Gasteiger partial charge in [-0.1, -0.05) is 60.7 Å². The number of nitrogens with one attached hydrogen (secondary N) is 4. The number of carboxylic acids is 4. The van der Waals surface area contributed by atoms with Crippen LogP contribution in [0.15, 0.2) is 133 Å². The number of H-pyrrole nitrogens is 2. The van der Waals surface area contributed by atoms with E-state index in [-0.39, 0.29) is 46.2 Å². The minimum Gasteiger partial charge on any atom is -0.478 e. The highest BCUT2D eigenvalue weighted by Crippen LogP contribution is 2.32. The summed E-state index contributed by atoms with van der Waals surface area (Å²) in [6.45, 7) is 0. The Kier molecular flexibility index (Phi) is 12.5. The van der Waals surface area contributed by atoms with Crippen molar-refractivity contribution in [3.05, 3.63) is 212 Å². The standard InChI is InChI=1S/C54H40N6O10/c61-49(31-21-33(51(63)64)25-34(22-31)52(65)66)59-45(19-29-7-3-1-4-8-29)47-41-15-11-37(55-41)27-39-13-17-43(57-39)48(44-18-14-40(58-44)28-38-12-16-42(47)56-38)46(20-30-9-5-2-6-10-30)60-50(62)32-23-35(53(67)68)26-36(24-32)54(69)70/h1-18,21-28,45-46,55-56H,19-20H2,(H,59,61)(H,60,62)(H,63,64)(H,65,66)(H,67,68)(H,69,70)/t45-,46-/m1/s1. The molecule has 2 aliphatic rings. The molecule has 0 saturated heterocycles. The number of hydrogen-bond donors (Lipinski definition) is 8. The molecule has 0 unspecified atom stereocenters. The third-order valence-corrected chi connectivity index (χ3v) is 11.7. The monoisotopic (exact) mass is 932 g/mol. The van der Waals surface area contributed by atoms with Gasteiger partial charge in [0.25, 0.3) is 11.8 Å². The van der Waals surface area contributed by atoms with E-state index >= 15 is 0 Å². The van der Waals surface area contributed by atoms with Gasteiger partial charge in [-0.25, -0.2) is 29.1 Å². The predicted octanol–water partition coefficient (Wildman–Crippen LogP) is 8.88. The first kappa shape index (κ1) is 45.5. The minimum absolute atomic E-state index is 0.150. The first-order chi connectivity index (χ1) is 33.7. The highest BCUT2D eigenvalue weighted by atomic mass is 16.4. The Balaban J connectivity index is 1.20. The van der Waals surface area contributed by atoms with E-state index in [0.29, 0.717) is 56.0 Å². The van der Waals surface area contributed by atoms with Crippen molar-refractivity contribution in [1.82, 2.24) is 30.6 Å². The number of rotatable bonds is 14. The Hall–Kier alpha value is -9.70. The van der Waals surface area contributed by atoms with Gasteiger partial charge in [-0.3, -0.25) is 9.59 Å². The largest absolute Gasteiger partial charge is 0.478 e. The number of hydrogen-bond acceptors (Lipinski definition) is 8. The van der Waals surface area contributed by atoms with Gasteiger partial charge in [0.15, 0.2) is 0 Å². The van der Waals surface area contributed by atoms with Gasteiger partial charge < -0.3 is 41.0 Å². The number of nitrogens with zero attached hydrogens (tertiary/aromatic N) is 2. The molecule has 2 aliphatic heterocycles. The van der Waals surface area contributed by atoms with Crippen molar-refractivity contribution >= 4 is 82.1 Å². The lowest BCUT2D eigenvalue weighted by Crippen LogP contribution is -2.31. The van der Waals surface area contributed by atoms with Crippen LogP contribution in [-0.2, 0) is 12.8 Å². The second-order valence-corrected chi connectivity index (χ2v) is 16.5. The van der Waals surface area contributed by atoms with Crippen LogP contribution in [0, 0.1) is 0 Å². The number of fused-ring (bicyclic) bond motifs is 8. The minimum atomic E-state index is -1.39. The molecule has 0 fully saturated rings. The van der Waals surface area contributed by atoms with E-state index in [9.17, 15) is 49.2 Å². The quantitative estimate of drug-likeness (QED) is 0.0508. The molecular formula is C54H40N6O10. The number of aromatic carboxylic acids is 4. The predicted molar refractivity (Wildman–Crippen MR) is 260 cm³/mol. The highest BCUT2D eigenvalue weighted by Gasteiger charge is 2.27. The smallest absolute Gasteiger partial charge is 0.335 e. The van der Waals surface area contributed by atoms with E-state index in [4.69, 9.17) is 9.97 Å². The van der Waals surface area contributed by atoms with Crippen LogP contribution in [-0.4, -0.2) is 76.1 Å². The van der Waals surface area contributed by atoms with Crippen molar-refractivity contribution in [1.29, 1.82) is 0 Å². The fraction of sp³-hybridized carbons (Fsp3) is 0.0741. The molecule has 8 N–H and O–H groups in total. The van der Waals surface area contributed by atoms with Crippen LogP contribution in [0.4, 0.5) is 0 Å². The zero-order valence-electron chi connectivity index (χ0n) is 36.7. The number of benzene rings is 4. The second kappa shape index (κ2) is 19.3. The molecule has 8 bridgehead atoms. The zero-order chi connectivity index (χ0) is 49.1. The van der Waals surface area contributed by atoms with Gasteiger partial charge in [-0.2, -0.15) is 0 Å². The zero-order valence-corrected chi connectivity index (χ0v) is 36.7. The third-order valence-electron chi connectivity index (χ3n) is 11.7. The molecule has 0 radical (unpaired) electrons. The molecule has 16 heteroatoms. The van der Waals surface area contributed by atoms with Gasteiger partial charge in [0.05, 0.1) is 57.1 Å². The molecule has 0 spiro atoms. The summed E-state index contributed by atoms with van der Waals surface area (Å²) in [6, 6.07) is 34.8. The summed E-state index contributed by atoms with van der Waals surface area (Å²) in [6.07, 6.45) is 7.72. The van der Waals surface area contributed by atoms with Crippen molar-refractivity contribution in [2.75, 3.05) is 0 Å². The van der Waals surface area contributed by atoms with Crippen LogP contribution in [0.2, 0.25) is 0 Å². The van der Waals surface area contributed by atoms with Crippen molar-refractivity contribution in [2.45, 2.75) is 24.9 Å². The molecule has 0 aliphatic carbocycles. The molecule has 9 rings (SSSR count). The lowest BCUT2D eigenvalue weighted by atomic mass is 9.95. The lowest BCUT2D eigenvalue weighted by molar-refractivity contribution is 0.0675. The molecule has 70 heavy (non-hydrogen) atoms. The molecule has 16 nitrogen and oxygen atoms in total. The first-order valence-electron chi connectivity index (χ1n) is 21.8. The normalized spacial score (nSPS) is 12.5. The number of carboxylic acid groups (broad SMARTS) is 4. The Labute approximate surface area is 397 Å². The fourth-order valence-electron chi connectivity index (χ4n) is 8.50. The Morgan fingerprint density at radius 2 is 0.786 bits per heavy atom. The maximum Gasteiger partial charge on any atom is 0.335 e. The average molecular weight is 933 g/mol. The second-order valence-electron chi connectivity index (χ2n) is 16.5. The molecule has 2 atom stereocenters. The highest BCUT2D eigenvalue weighted by molar-refractivity contribution is 6.03. The molecule has 3 aromatic heterocycles. The summed E-state index contributed by atoms with van der Waals surface area (Å²) in [7, 11) is 0. The van der Waals surface area contributed by atoms with Crippen LogP contribution in [0.1, 0.15) is 119 Å². The van der Waals surface area contributed by atoms with Gasteiger partial charge >= 0.3 is 23.9 Å². The Bertz CT molecular complexity index is 3360. The van der Waals surface area contributed by atoms with E-state index in [1.54, 1.807) is 24.3 Å². The summed E-state index contributed by atoms with van der Waals surface area (Å²) in [5, 5.41) is 45.2. The number of carbonyl (C=O) groups is 6. The maximum absolute atomic E-state index is 14.2. The lowest BCUT2D eigenvalue weighted by Gasteiger charge is -2.21. The van der Waals surface area contributed by atoms with Crippen LogP contribution in [0.5, 0.6) is 0 Å². The van der Waals surface area contributed by atoms with E-state index in [1.807, 2.05) is 97.1 Å². The van der Waals surface area contributed by atoms with E-state index in [1.165, 1.54) is 0 Å². The molecule has 2 amide bonds. The van der Waals surface area contributed by atoms with Crippen molar-refractivity contribution in [3.8, 4) is 0 Å². The number of amides is 2. The fourth-order valence-corrected chi connectivity index (χ4v) is 8.50. The van der Waals surface area contributed by atoms with Crippen LogP contribution < -0.4 is 10.6 Å². The molecule has 5 heterocycles. The van der Waals surface area contributed by atoms with Crippen LogP contribution in [0.3, 0.4) is 0 Å². The van der Waals surface area contributed by atoms with Gasteiger partial charge in [0, 0.05) is 44.3 Å². The number of carbonyl (C=O) groups excluding carboxylic acids is 2. The molecule has 0 saturated carbocycles. The Morgan fingerprint density at radius 3 is 1.16 bits per heavy atom. The Morgan fingerprint density at radius 1 is 0.429 bits per heavy atom. The maximum atomic E-state index is 14.2. The SMILES string of the molecule is O=C(O)c1cc(C(=O)O)cc(C(=O)N[C@H](Cc2ccccc2)c2c3nc(cc4ccc([nH]4)c([C@@H](Cc4ccccc4)NC(=O)c4cc(C(=O)O)cc(C(=O)O)c4)c4ccc(cc5nc2C=C5)[nH]4)C=C3)c1. The van der Waals surface area contributed by atoms with E-state index in [0.717, 1.165) is 47.5 Å². The van der Waals surface area contributed by atoms with E-state index in [2.05, 4.69) is 20.6 Å². The van der Waals surface area contributed by atoms with Crippen LogP contribution >= 0.6 is 0 Å². The number of aromatic amines is 2. The third kappa shape index (κ3) is 10.0. The van der Waals surface area contributed by atoms with Gasteiger partial charge in [-0.15, -0.1) is 0 Å². The van der Waals surface area contributed by atoms with Crippen LogP contribution in [0.25, 0.3) is 46.4 Å². The summed E-state index contributed by atoms with van der Waals surface area (Å²) < 4.78 is 0. The van der Waals surface area contributed by atoms with Gasteiger partial charge in [0.1, 0.15) is 0 Å². The van der Waals surface area contributed by atoms with Gasteiger partial charge in [0.2, 0.25) is 0 Å². The summed E-state index contributed by atoms with van der Waals surface area (Å²) in [4.78, 5) is 93.4. The van der Waals surface area contributed by atoms with Crippen molar-refractivity contribution in [2.24, 2.45) is 0 Å². The average Bonchev–Trinajstić information content (AvgIpc) is 4.20.